The second-order valence-electron chi connectivity index (χ2n) is 7.67. The number of aliphatic hydroxyl groups excluding tert-OH is 1. The average Bonchev–Trinajstić information content (AvgIpc) is 2.80. The van der Waals surface area contributed by atoms with Crippen LogP contribution in [0.3, 0.4) is 0 Å². The van der Waals surface area contributed by atoms with Gasteiger partial charge in [-0.3, -0.25) is 9.59 Å². The van der Waals surface area contributed by atoms with Crippen molar-refractivity contribution in [1.82, 2.24) is 5.32 Å². The van der Waals surface area contributed by atoms with Crippen LogP contribution in [0.2, 0.25) is 0 Å². The molecule has 0 saturated heterocycles. The van der Waals surface area contributed by atoms with Crippen LogP contribution in [0.15, 0.2) is 30.3 Å². The van der Waals surface area contributed by atoms with Gasteiger partial charge in [0.15, 0.2) is 17.2 Å². The number of rotatable bonds is 11. The van der Waals surface area contributed by atoms with Gasteiger partial charge in [0.05, 0.1) is 19.9 Å². The van der Waals surface area contributed by atoms with Crippen molar-refractivity contribution in [2.24, 2.45) is 0 Å². The van der Waals surface area contributed by atoms with Gasteiger partial charge in [-0.15, -0.1) is 0 Å². The van der Waals surface area contributed by atoms with Crippen LogP contribution < -0.4 is 29.6 Å². The largest absolute Gasteiger partial charge is 0.493 e. The van der Waals surface area contributed by atoms with E-state index in [0.29, 0.717) is 48.9 Å². The molecule has 0 fully saturated rings. The van der Waals surface area contributed by atoms with Crippen LogP contribution in [0.5, 0.6) is 23.0 Å². The fourth-order valence-corrected chi connectivity index (χ4v) is 3.59. The van der Waals surface area contributed by atoms with Gasteiger partial charge < -0.3 is 34.7 Å². The second kappa shape index (κ2) is 11.5. The Bertz CT molecular complexity index is 993. The Hall–Kier alpha value is -3.30. The van der Waals surface area contributed by atoms with Gasteiger partial charge in [0.25, 0.3) is 0 Å². The number of fused-ring (bicyclic) bond motifs is 1. The maximum Gasteiger partial charge on any atom is 0.308 e. The van der Waals surface area contributed by atoms with Crippen molar-refractivity contribution in [3.05, 3.63) is 41.5 Å². The van der Waals surface area contributed by atoms with Crippen LogP contribution in [0.25, 0.3) is 0 Å². The Morgan fingerprint density at radius 3 is 2.55 bits per heavy atom. The molecule has 0 aliphatic carbocycles. The highest BCUT2D eigenvalue weighted by atomic mass is 16.5. The third-order valence-corrected chi connectivity index (χ3v) is 5.20. The number of methoxy groups -OCH3 is 2. The van der Waals surface area contributed by atoms with Crippen molar-refractivity contribution in [2.45, 2.75) is 32.3 Å². The lowest BCUT2D eigenvalue weighted by Crippen LogP contribution is -2.32. The molecule has 9 nitrogen and oxygen atoms in total. The molecular formula is C24H30N2O7. The highest BCUT2D eigenvalue weighted by molar-refractivity contribution is 5.97. The fourth-order valence-electron chi connectivity index (χ4n) is 3.59. The zero-order chi connectivity index (χ0) is 23.8. The summed E-state index contributed by atoms with van der Waals surface area (Å²) in [6, 6.07) is 9.04. The van der Waals surface area contributed by atoms with Crippen LogP contribution >= 0.6 is 0 Å². The standard InChI is InChI=1S/C24H30N2O7/c1-15(27)33-21-8-7-19(18-5-9-23(29)26-24(18)21)32-14-17(28)13-25-11-10-16-4-6-20(30-2)22(12-16)31-3/h4,6-8,12,17,25,28H,5,9-11,13-14H2,1-3H3,(H,26,29). The minimum atomic E-state index is -0.725. The number of carbonyl (C=O) groups excluding carboxylic acids is 2. The van der Waals surface area contributed by atoms with E-state index in [1.54, 1.807) is 26.4 Å². The number of anilines is 1. The van der Waals surface area contributed by atoms with E-state index in [2.05, 4.69) is 10.6 Å². The van der Waals surface area contributed by atoms with E-state index in [9.17, 15) is 14.7 Å². The number of aliphatic hydroxyl groups is 1. The van der Waals surface area contributed by atoms with E-state index in [-0.39, 0.29) is 18.3 Å². The smallest absolute Gasteiger partial charge is 0.308 e. The molecule has 1 aliphatic heterocycles. The first-order valence-electron chi connectivity index (χ1n) is 10.8. The first-order chi connectivity index (χ1) is 15.9. The number of amides is 1. The van der Waals surface area contributed by atoms with Crippen LogP contribution in [0.1, 0.15) is 24.5 Å². The minimum Gasteiger partial charge on any atom is -0.493 e. The summed E-state index contributed by atoms with van der Waals surface area (Å²) in [6.07, 6.45) is 0.814. The third-order valence-electron chi connectivity index (χ3n) is 5.20. The summed E-state index contributed by atoms with van der Waals surface area (Å²) in [6.45, 7) is 2.41. The van der Waals surface area contributed by atoms with Gasteiger partial charge in [-0.25, -0.2) is 0 Å². The number of hydrogen-bond donors (Lipinski definition) is 3. The first kappa shape index (κ1) is 24.3. The van der Waals surface area contributed by atoms with E-state index in [4.69, 9.17) is 18.9 Å². The molecule has 3 N–H and O–H groups in total. The maximum absolute atomic E-state index is 11.8. The van der Waals surface area contributed by atoms with Crippen LogP contribution in [-0.4, -0.2) is 57.0 Å². The normalized spacial score (nSPS) is 13.5. The molecule has 33 heavy (non-hydrogen) atoms. The summed E-state index contributed by atoms with van der Waals surface area (Å²) < 4.78 is 21.6. The van der Waals surface area contributed by atoms with E-state index in [0.717, 1.165) is 17.5 Å². The third kappa shape index (κ3) is 6.59. The van der Waals surface area contributed by atoms with Gasteiger partial charge in [0.1, 0.15) is 18.5 Å². The summed E-state index contributed by atoms with van der Waals surface area (Å²) in [4.78, 5) is 23.1. The number of carbonyl (C=O) groups is 2. The molecule has 0 saturated carbocycles. The predicted octanol–water partition coefficient (Wildman–Crippen LogP) is 2.09. The molecular weight excluding hydrogens is 428 g/mol. The zero-order valence-corrected chi connectivity index (χ0v) is 19.1. The highest BCUT2D eigenvalue weighted by Gasteiger charge is 2.24. The van der Waals surface area contributed by atoms with Gasteiger partial charge in [0.2, 0.25) is 5.91 Å². The number of nitrogens with one attached hydrogen (secondary N) is 2. The molecule has 2 aromatic rings. The number of esters is 1. The van der Waals surface area contributed by atoms with E-state index < -0.39 is 12.1 Å². The molecule has 0 radical (unpaired) electrons. The van der Waals surface area contributed by atoms with Gasteiger partial charge in [0, 0.05) is 25.5 Å². The summed E-state index contributed by atoms with van der Waals surface area (Å²) >= 11 is 0. The van der Waals surface area contributed by atoms with Crippen molar-refractivity contribution in [1.29, 1.82) is 0 Å². The van der Waals surface area contributed by atoms with Gasteiger partial charge in [-0.2, -0.15) is 0 Å². The van der Waals surface area contributed by atoms with Crippen molar-refractivity contribution < 1.29 is 33.6 Å². The monoisotopic (exact) mass is 458 g/mol. The number of ether oxygens (including phenoxy) is 4. The fraction of sp³-hybridized carbons (Fsp3) is 0.417. The van der Waals surface area contributed by atoms with Crippen molar-refractivity contribution in [3.63, 3.8) is 0 Å². The van der Waals surface area contributed by atoms with E-state index >= 15 is 0 Å². The minimum absolute atomic E-state index is 0.0800. The van der Waals surface area contributed by atoms with Gasteiger partial charge in [-0.1, -0.05) is 6.07 Å². The molecule has 1 heterocycles. The molecule has 1 unspecified atom stereocenters. The SMILES string of the molecule is COc1ccc(CCNCC(O)COc2ccc(OC(C)=O)c3c2CCC(=O)N3)cc1OC. The molecule has 1 atom stereocenters. The lowest BCUT2D eigenvalue weighted by atomic mass is 10.0. The number of benzene rings is 2. The first-order valence-corrected chi connectivity index (χ1v) is 10.8. The van der Waals surface area contributed by atoms with Crippen molar-refractivity contribution >= 4 is 17.6 Å². The molecule has 1 aliphatic rings. The topological polar surface area (TPSA) is 115 Å². The lowest BCUT2D eigenvalue weighted by molar-refractivity contribution is -0.132. The van der Waals surface area contributed by atoms with Gasteiger partial charge >= 0.3 is 5.97 Å². The van der Waals surface area contributed by atoms with Crippen LogP contribution in [0, 0.1) is 0 Å². The number of hydrogen-bond acceptors (Lipinski definition) is 8. The Kier molecular flexibility index (Phi) is 8.51. The molecule has 0 spiro atoms. The Balaban J connectivity index is 1.50. The lowest BCUT2D eigenvalue weighted by Gasteiger charge is -2.23. The maximum atomic E-state index is 11.8. The van der Waals surface area contributed by atoms with Crippen molar-refractivity contribution in [3.8, 4) is 23.0 Å². The Morgan fingerprint density at radius 2 is 1.82 bits per heavy atom. The molecule has 0 aromatic heterocycles. The van der Waals surface area contributed by atoms with Crippen LogP contribution in [-0.2, 0) is 22.4 Å². The van der Waals surface area contributed by atoms with E-state index in [1.807, 2.05) is 18.2 Å². The Labute approximate surface area is 193 Å². The average molecular weight is 459 g/mol. The quantitative estimate of drug-likeness (QED) is 0.266. The summed E-state index contributed by atoms with van der Waals surface area (Å²) in [5.74, 6) is 1.58. The molecule has 9 heteroatoms. The Morgan fingerprint density at radius 1 is 1.09 bits per heavy atom. The summed E-state index contributed by atoms with van der Waals surface area (Å²) in [7, 11) is 3.20. The molecule has 2 aromatic carbocycles. The summed E-state index contributed by atoms with van der Waals surface area (Å²) in [5, 5.41) is 16.3. The van der Waals surface area contributed by atoms with E-state index in [1.165, 1.54) is 6.92 Å². The van der Waals surface area contributed by atoms with Gasteiger partial charge in [-0.05, 0) is 49.2 Å². The second-order valence-corrected chi connectivity index (χ2v) is 7.67. The van der Waals surface area contributed by atoms with Crippen LogP contribution in [0.4, 0.5) is 5.69 Å². The highest BCUT2D eigenvalue weighted by Crippen LogP contribution is 2.39. The predicted molar refractivity (Wildman–Crippen MR) is 122 cm³/mol. The van der Waals surface area contributed by atoms with Crippen molar-refractivity contribution in [2.75, 3.05) is 39.2 Å². The molecule has 0 bridgehead atoms. The zero-order valence-electron chi connectivity index (χ0n) is 19.1. The summed E-state index contributed by atoms with van der Waals surface area (Å²) in [5.41, 5.74) is 2.29. The molecule has 178 valence electrons. The molecule has 1 amide bonds. The molecule has 3 rings (SSSR count).